The number of hydrogen-bond acceptors (Lipinski definition) is 11. The second-order valence-corrected chi connectivity index (χ2v) is 9.39. The van der Waals surface area contributed by atoms with Crippen LogP contribution < -0.4 is 0 Å². The molecule has 0 aliphatic carbocycles. The van der Waals surface area contributed by atoms with E-state index in [4.69, 9.17) is 33.2 Å². The van der Waals surface area contributed by atoms with Gasteiger partial charge < -0.3 is 53.6 Å². The molecule has 2 fully saturated rings. The summed E-state index contributed by atoms with van der Waals surface area (Å²) in [4.78, 5) is 0. The van der Waals surface area contributed by atoms with Gasteiger partial charge in [0.15, 0.2) is 6.29 Å². The van der Waals surface area contributed by atoms with Crippen LogP contribution in [0, 0.1) is 0 Å². The zero-order valence-corrected chi connectivity index (χ0v) is 22.0. The molecular formula is C24H46O11. The zero-order chi connectivity index (χ0) is 26.3. The molecule has 0 aromatic heterocycles. The number of rotatable bonds is 13. The Labute approximate surface area is 208 Å². The highest BCUT2D eigenvalue weighted by molar-refractivity contribution is 5.02. The predicted octanol–water partition coefficient (Wildman–Crippen LogP) is -0.0108. The number of ether oxygens (including phenoxy) is 7. The van der Waals surface area contributed by atoms with Gasteiger partial charge in [-0.3, -0.25) is 0 Å². The first-order chi connectivity index (χ1) is 16.7. The van der Waals surface area contributed by atoms with Gasteiger partial charge in [0.05, 0.1) is 24.9 Å². The maximum Gasteiger partial charge on any atom is 0.187 e. The Kier molecular flexibility index (Phi) is 12.2. The molecule has 0 spiro atoms. The van der Waals surface area contributed by atoms with Gasteiger partial charge in [-0.25, -0.2) is 0 Å². The van der Waals surface area contributed by atoms with Gasteiger partial charge in [0.25, 0.3) is 0 Å². The van der Waals surface area contributed by atoms with E-state index in [1.807, 2.05) is 27.7 Å². The highest BCUT2D eigenvalue weighted by Gasteiger charge is 2.55. The smallest absolute Gasteiger partial charge is 0.187 e. The summed E-state index contributed by atoms with van der Waals surface area (Å²) in [5, 5.41) is 43.5. The predicted molar refractivity (Wildman–Crippen MR) is 125 cm³/mol. The van der Waals surface area contributed by atoms with E-state index in [2.05, 4.69) is 0 Å². The van der Waals surface area contributed by atoms with E-state index in [1.54, 1.807) is 0 Å². The van der Waals surface area contributed by atoms with E-state index < -0.39 is 73.4 Å². The highest BCUT2D eigenvalue weighted by Crippen LogP contribution is 2.37. The summed E-state index contributed by atoms with van der Waals surface area (Å²) >= 11 is 0. The van der Waals surface area contributed by atoms with Crippen molar-refractivity contribution >= 4 is 0 Å². The molecule has 2 aliphatic heterocycles. The summed E-state index contributed by atoms with van der Waals surface area (Å²) in [5.41, 5.74) is -1.27. The summed E-state index contributed by atoms with van der Waals surface area (Å²) in [6.07, 6.45) is -8.42. The summed E-state index contributed by atoms with van der Waals surface area (Å²) in [6, 6.07) is 0. The molecule has 4 N–H and O–H groups in total. The third kappa shape index (κ3) is 6.71. The van der Waals surface area contributed by atoms with Crippen LogP contribution in [0.4, 0.5) is 0 Å². The van der Waals surface area contributed by atoms with Crippen molar-refractivity contribution in [1.29, 1.82) is 0 Å². The molecule has 0 bridgehead atoms. The van der Waals surface area contributed by atoms with Crippen LogP contribution in [0.25, 0.3) is 0 Å². The van der Waals surface area contributed by atoms with Crippen molar-refractivity contribution in [2.45, 2.75) is 120 Å². The molecule has 11 nitrogen and oxygen atoms in total. The van der Waals surface area contributed by atoms with E-state index in [9.17, 15) is 20.4 Å². The molecule has 2 heterocycles. The first-order valence-electron chi connectivity index (χ1n) is 12.5. The van der Waals surface area contributed by atoms with Gasteiger partial charge in [-0.1, -0.05) is 20.8 Å². The number of hydrogen-bond donors (Lipinski definition) is 4. The summed E-state index contributed by atoms with van der Waals surface area (Å²) in [7, 11) is 4.34. The first kappa shape index (κ1) is 30.8. The van der Waals surface area contributed by atoms with Crippen molar-refractivity contribution in [2.75, 3.05) is 34.5 Å². The molecule has 2 saturated heterocycles. The Balaban J connectivity index is 2.30. The average Bonchev–Trinajstić information content (AvgIpc) is 2.86. The molecule has 11 atom stereocenters. The SMILES string of the molecule is CCC(C)O[C@@H]1C(COC)O[C@@H](O[C@H]2C(O)C(OC)[C@H](C(O)(CC)CC)O[C@H]2CO)[C@@H](OC)C1O. The summed E-state index contributed by atoms with van der Waals surface area (Å²) < 4.78 is 40.6. The van der Waals surface area contributed by atoms with Gasteiger partial charge in [0.2, 0.25) is 0 Å². The van der Waals surface area contributed by atoms with E-state index >= 15 is 0 Å². The number of aliphatic hydroxyl groups excluding tert-OH is 3. The highest BCUT2D eigenvalue weighted by atomic mass is 16.7. The van der Waals surface area contributed by atoms with Gasteiger partial charge in [-0.05, 0) is 26.2 Å². The molecule has 2 aliphatic rings. The van der Waals surface area contributed by atoms with Crippen molar-refractivity contribution in [2.24, 2.45) is 0 Å². The lowest BCUT2D eigenvalue weighted by Gasteiger charge is -2.51. The Morgan fingerprint density at radius 2 is 1.46 bits per heavy atom. The molecular weight excluding hydrogens is 464 g/mol. The average molecular weight is 511 g/mol. The lowest BCUT2D eigenvalue weighted by Crippen LogP contribution is -2.68. The van der Waals surface area contributed by atoms with Crippen molar-refractivity contribution in [3.8, 4) is 0 Å². The zero-order valence-electron chi connectivity index (χ0n) is 22.0. The van der Waals surface area contributed by atoms with Gasteiger partial charge in [0, 0.05) is 21.3 Å². The van der Waals surface area contributed by atoms with Crippen LogP contribution in [0.15, 0.2) is 0 Å². The molecule has 0 aromatic carbocycles. The molecule has 208 valence electrons. The second-order valence-electron chi connectivity index (χ2n) is 9.39. The van der Waals surface area contributed by atoms with Gasteiger partial charge in [-0.2, -0.15) is 0 Å². The van der Waals surface area contributed by atoms with Crippen molar-refractivity contribution in [3.63, 3.8) is 0 Å². The van der Waals surface area contributed by atoms with Gasteiger partial charge in [-0.15, -0.1) is 0 Å². The van der Waals surface area contributed by atoms with Crippen LogP contribution in [0.1, 0.15) is 47.0 Å². The topological polar surface area (TPSA) is 146 Å². The fourth-order valence-electron chi connectivity index (χ4n) is 4.83. The number of methoxy groups -OCH3 is 3. The number of aliphatic hydroxyl groups is 4. The maximum absolute atomic E-state index is 11.2. The van der Waals surface area contributed by atoms with Crippen molar-refractivity contribution < 1.29 is 53.6 Å². The largest absolute Gasteiger partial charge is 0.394 e. The molecule has 35 heavy (non-hydrogen) atoms. The Morgan fingerprint density at radius 3 is 1.94 bits per heavy atom. The van der Waals surface area contributed by atoms with Crippen LogP contribution in [-0.4, -0.2) is 128 Å². The molecule has 0 amide bonds. The first-order valence-corrected chi connectivity index (χ1v) is 12.5. The van der Waals surface area contributed by atoms with E-state index in [1.165, 1.54) is 21.3 Å². The second kappa shape index (κ2) is 13.9. The van der Waals surface area contributed by atoms with Crippen molar-refractivity contribution in [1.82, 2.24) is 0 Å². The third-order valence-corrected chi connectivity index (χ3v) is 7.34. The Bertz CT molecular complexity index is 602. The quantitative estimate of drug-likeness (QED) is 0.265. The molecule has 0 radical (unpaired) electrons. The molecule has 5 unspecified atom stereocenters. The van der Waals surface area contributed by atoms with Gasteiger partial charge in [0.1, 0.15) is 54.9 Å². The molecule has 0 saturated carbocycles. The van der Waals surface area contributed by atoms with E-state index in [0.29, 0.717) is 12.8 Å². The molecule has 0 aromatic rings. The Hall–Kier alpha value is -0.440. The maximum atomic E-state index is 11.2. The van der Waals surface area contributed by atoms with Crippen LogP contribution in [0.5, 0.6) is 0 Å². The van der Waals surface area contributed by atoms with Crippen LogP contribution in [0.2, 0.25) is 0 Å². The van der Waals surface area contributed by atoms with Crippen molar-refractivity contribution in [3.05, 3.63) is 0 Å². The van der Waals surface area contributed by atoms with Crippen LogP contribution in [-0.2, 0) is 33.2 Å². The molecule has 11 heteroatoms. The van der Waals surface area contributed by atoms with Crippen LogP contribution in [0.3, 0.4) is 0 Å². The summed E-state index contributed by atoms with van der Waals surface area (Å²) in [6.45, 7) is 7.16. The normalized spacial score (nSPS) is 39.5. The van der Waals surface area contributed by atoms with E-state index in [-0.39, 0.29) is 12.7 Å². The lowest BCUT2D eigenvalue weighted by molar-refractivity contribution is -0.357. The minimum absolute atomic E-state index is 0.129. The lowest BCUT2D eigenvalue weighted by atomic mass is 9.81. The van der Waals surface area contributed by atoms with E-state index in [0.717, 1.165) is 6.42 Å². The fourth-order valence-corrected chi connectivity index (χ4v) is 4.83. The standard InChI is InChI=1S/C24H46O11/c1-8-13(4)32-19-15(12-29-5)34-23(21(31-7)17(19)27)35-18-14(11-25)33-22(20(30-6)16(18)26)24(28,9-2)10-3/h13-23,25-28H,8-12H2,1-7H3/t13?,14-,15?,16?,17?,18+,19+,20?,21-,22+,23-/m0/s1. The minimum atomic E-state index is -1.27. The minimum Gasteiger partial charge on any atom is -0.394 e. The third-order valence-electron chi connectivity index (χ3n) is 7.34. The molecule has 2 rings (SSSR count). The fraction of sp³-hybridized carbons (Fsp3) is 1.00. The Morgan fingerprint density at radius 1 is 0.857 bits per heavy atom. The monoisotopic (exact) mass is 510 g/mol. The van der Waals surface area contributed by atoms with Gasteiger partial charge >= 0.3 is 0 Å². The van der Waals surface area contributed by atoms with Crippen LogP contribution >= 0.6 is 0 Å². The summed E-state index contributed by atoms with van der Waals surface area (Å²) in [5.74, 6) is 0.